The number of H-pyrrole nitrogens is 1. The van der Waals surface area contributed by atoms with Crippen molar-refractivity contribution < 1.29 is 22.7 Å². The molecule has 1 aliphatic heterocycles. The number of carbonyl (C=O) groups excluding carboxylic acids is 1. The van der Waals surface area contributed by atoms with E-state index in [9.17, 15) is 18.0 Å². The Hall–Kier alpha value is -3.38. The largest absolute Gasteiger partial charge is 0.480 e. The monoisotopic (exact) mass is 509 g/mol. The van der Waals surface area contributed by atoms with Gasteiger partial charge >= 0.3 is 6.18 Å². The van der Waals surface area contributed by atoms with Crippen LogP contribution in [0.1, 0.15) is 13.3 Å². The number of ether oxygens (including phenoxy) is 1. The Kier molecular flexibility index (Phi) is 7.41. The van der Waals surface area contributed by atoms with Crippen LogP contribution in [0, 0.1) is 0 Å². The lowest BCUT2D eigenvalue weighted by atomic mass is 10.1. The van der Waals surface area contributed by atoms with Gasteiger partial charge in [0.1, 0.15) is 5.75 Å². The number of nitrogens with zero attached hydrogens (tertiary/aromatic N) is 4. The lowest BCUT2D eigenvalue weighted by Gasteiger charge is -2.34. The molecule has 4 rings (SSSR count). The topological polar surface area (TPSA) is 108 Å². The van der Waals surface area contributed by atoms with Crippen LogP contribution >= 0.6 is 11.6 Å². The van der Waals surface area contributed by atoms with Crippen LogP contribution in [0.4, 0.5) is 24.5 Å². The number of benzene rings is 2. The number of nitrogens with one attached hydrogen (secondary N) is 3. The summed E-state index contributed by atoms with van der Waals surface area (Å²) in [5.41, 5.74) is 1.50. The van der Waals surface area contributed by atoms with Gasteiger partial charge in [-0.25, -0.2) is 0 Å². The molecule has 0 bridgehead atoms. The van der Waals surface area contributed by atoms with E-state index in [1.165, 1.54) is 24.3 Å². The van der Waals surface area contributed by atoms with Crippen molar-refractivity contribution in [2.75, 3.05) is 29.9 Å². The molecule has 0 saturated carbocycles. The van der Waals surface area contributed by atoms with Gasteiger partial charge in [0.05, 0.1) is 12.1 Å². The number of hydrogen-bond acceptors (Lipinski definition) is 7. The molecule has 1 fully saturated rings. The fourth-order valence-electron chi connectivity index (χ4n) is 3.75. The highest BCUT2D eigenvalue weighted by Crippen LogP contribution is 2.32. The number of piperazine rings is 1. The van der Waals surface area contributed by atoms with Crippen molar-refractivity contribution in [1.82, 2.24) is 25.9 Å². The second kappa shape index (κ2) is 10.5. The molecule has 35 heavy (non-hydrogen) atoms. The number of carbonyl (C=O) groups is 1. The van der Waals surface area contributed by atoms with Gasteiger partial charge in [-0.3, -0.25) is 4.79 Å². The van der Waals surface area contributed by atoms with Crippen LogP contribution in [0.3, 0.4) is 0 Å². The Morgan fingerprint density at radius 3 is 2.71 bits per heavy atom. The predicted octanol–water partition coefficient (Wildman–Crippen LogP) is 3.66. The number of amides is 1. The Morgan fingerprint density at radius 1 is 1.29 bits per heavy atom. The van der Waals surface area contributed by atoms with Crippen LogP contribution < -0.4 is 20.3 Å². The van der Waals surface area contributed by atoms with E-state index >= 15 is 0 Å². The zero-order valence-corrected chi connectivity index (χ0v) is 19.4. The molecule has 3 aromatic rings. The third-order valence-corrected chi connectivity index (χ3v) is 5.63. The zero-order chi connectivity index (χ0) is 25.0. The molecule has 0 aliphatic carbocycles. The number of anilines is 2. The number of halogens is 4. The van der Waals surface area contributed by atoms with Gasteiger partial charge in [-0.2, -0.15) is 18.4 Å². The molecule has 186 valence electrons. The van der Waals surface area contributed by atoms with Crippen molar-refractivity contribution >= 4 is 28.9 Å². The number of aromatic nitrogens is 4. The molecule has 1 aromatic heterocycles. The van der Waals surface area contributed by atoms with Crippen molar-refractivity contribution in [3.8, 4) is 17.1 Å². The maximum Gasteiger partial charge on any atom is 0.393 e. The molecule has 1 amide bonds. The van der Waals surface area contributed by atoms with Crippen LogP contribution in [0.25, 0.3) is 11.4 Å². The molecule has 1 aliphatic rings. The van der Waals surface area contributed by atoms with Gasteiger partial charge in [-0.1, -0.05) is 11.6 Å². The molecule has 0 unspecified atom stereocenters. The number of aromatic amines is 1. The standard InChI is InChI=1S/C22H23ClF3N7O2/c1-13-12-33(9-8-27-13)15-4-7-18(17(10-15)20-29-31-32-30-20)28-21(34)19(11-22(24,25)26)35-16-5-2-14(23)3-6-16/h2-7,10,13,19,27H,8-9,11-12H2,1H3,(H,28,34)(H,29,30,31,32)/t13-,19-/m0/s1. The number of tetrazole rings is 1. The van der Waals surface area contributed by atoms with E-state index in [1.807, 2.05) is 0 Å². The van der Waals surface area contributed by atoms with E-state index in [0.717, 1.165) is 25.3 Å². The van der Waals surface area contributed by atoms with Gasteiger partial charge in [0.25, 0.3) is 5.91 Å². The minimum Gasteiger partial charge on any atom is -0.480 e. The van der Waals surface area contributed by atoms with Gasteiger partial charge in [0, 0.05) is 41.9 Å². The number of rotatable bonds is 7. The summed E-state index contributed by atoms with van der Waals surface area (Å²) in [7, 11) is 0. The highest BCUT2D eigenvalue weighted by Gasteiger charge is 2.37. The van der Waals surface area contributed by atoms with Gasteiger partial charge in [-0.05, 0) is 54.6 Å². The highest BCUT2D eigenvalue weighted by molar-refractivity contribution is 6.30. The van der Waals surface area contributed by atoms with E-state index in [0.29, 0.717) is 10.6 Å². The fourth-order valence-corrected chi connectivity index (χ4v) is 3.88. The lowest BCUT2D eigenvalue weighted by molar-refractivity contribution is -0.158. The van der Waals surface area contributed by atoms with Crippen LogP contribution in [0.2, 0.25) is 5.02 Å². The summed E-state index contributed by atoms with van der Waals surface area (Å²) in [4.78, 5) is 15.1. The molecule has 2 aromatic carbocycles. The smallest absolute Gasteiger partial charge is 0.393 e. The zero-order valence-electron chi connectivity index (χ0n) is 18.6. The first-order valence-electron chi connectivity index (χ1n) is 10.8. The minimum atomic E-state index is -4.63. The van der Waals surface area contributed by atoms with Gasteiger partial charge < -0.3 is 20.3 Å². The van der Waals surface area contributed by atoms with E-state index in [2.05, 4.69) is 43.1 Å². The highest BCUT2D eigenvalue weighted by atomic mass is 35.5. The summed E-state index contributed by atoms with van der Waals surface area (Å²) in [5.74, 6) is -0.692. The second-order valence-electron chi connectivity index (χ2n) is 8.14. The lowest BCUT2D eigenvalue weighted by Crippen LogP contribution is -2.49. The Balaban J connectivity index is 1.60. The van der Waals surface area contributed by atoms with E-state index < -0.39 is 24.6 Å². The summed E-state index contributed by atoms with van der Waals surface area (Å²) in [5, 5.41) is 20.2. The van der Waals surface area contributed by atoms with Crippen LogP contribution in [-0.2, 0) is 4.79 Å². The summed E-state index contributed by atoms with van der Waals surface area (Å²) >= 11 is 5.83. The Morgan fingerprint density at radius 2 is 2.06 bits per heavy atom. The predicted molar refractivity (Wildman–Crippen MR) is 124 cm³/mol. The molecular weight excluding hydrogens is 487 g/mol. The number of alkyl halides is 3. The average molecular weight is 510 g/mol. The quantitative estimate of drug-likeness (QED) is 0.446. The van der Waals surface area contributed by atoms with Crippen LogP contribution in [0.5, 0.6) is 5.75 Å². The van der Waals surface area contributed by atoms with Crippen LogP contribution in [-0.4, -0.2) is 64.5 Å². The van der Waals surface area contributed by atoms with E-state index in [1.54, 1.807) is 18.2 Å². The third-order valence-electron chi connectivity index (χ3n) is 5.38. The van der Waals surface area contributed by atoms with Gasteiger partial charge in [0.2, 0.25) is 5.82 Å². The minimum absolute atomic E-state index is 0.0837. The second-order valence-corrected chi connectivity index (χ2v) is 8.57. The maximum absolute atomic E-state index is 13.2. The van der Waals surface area contributed by atoms with Crippen molar-refractivity contribution in [1.29, 1.82) is 0 Å². The van der Waals surface area contributed by atoms with Crippen molar-refractivity contribution in [2.24, 2.45) is 0 Å². The molecular formula is C22H23ClF3N7O2. The first kappa shape index (κ1) is 24.7. The van der Waals surface area contributed by atoms with Crippen LogP contribution in [0.15, 0.2) is 42.5 Å². The maximum atomic E-state index is 13.2. The first-order valence-corrected chi connectivity index (χ1v) is 11.2. The van der Waals surface area contributed by atoms with Gasteiger partial charge in [0.15, 0.2) is 6.10 Å². The van der Waals surface area contributed by atoms with Gasteiger partial charge in [-0.15, -0.1) is 10.2 Å². The van der Waals surface area contributed by atoms with E-state index in [4.69, 9.17) is 16.3 Å². The Bertz CT molecular complexity index is 1140. The van der Waals surface area contributed by atoms with Crippen molar-refractivity contribution in [3.05, 3.63) is 47.5 Å². The molecule has 0 radical (unpaired) electrons. The molecule has 13 heteroatoms. The fraction of sp³-hybridized carbons (Fsp3) is 0.364. The Labute approximate surface area is 204 Å². The molecule has 9 nitrogen and oxygen atoms in total. The molecule has 2 heterocycles. The molecule has 1 saturated heterocycles. The summed E-state index contributed by atoms with van der Waals surface area (Å²) in [6.45, 7) is 4.41. The molecule has 2 atom stereocenters. The number of hydrogen-bond donors (Lipinski definition) is 3. The summed E-state index contributed by atoms with van der Waals surface area (Å²) in [6.07, 6.45) is -7.94. The first-order chi connectivity index (χ1) is 16.7. The van der Waals surface area contributed by atoms with Crippen molar-refractivity contribution in [3.63, 3.8) is 0 Å². The third kappa shape index (κ3) is 6.61. The van der Waals surface area contributed by atoms with Crippen molar-refractivity contribution in [2.45, 2.75) is 31.7 Å². The SMILES string of the molecule is C[C@H]1CN(c2ccc(NC(=O)[C@H](CC(F)(F)F)Oc3ccc(Cl)cc3)c(-c3nn[nH]n3)c2)CCN1. The summed E-state index contributed by atoms with van der Waals surface area (Å²) < 4.78 is 45.1. The molecule has 3 N–H and O–H groups in total. The normalized spacial score (nSPS) is 17.2. The average Bonchev–Trinajstić information content (AvgIpc) is 3.34. The summed E-state index contributed by atoms with van der Waals surface area (Å²) in [6, 6.07) is 11.2. The van der Waals surface area contributed by atoms with E-state index in [-0.39, 0.29) is 23.3 Å². The molecule has 0 spiro atoms.